The molecule has 3 rings (SSSR count). The van der Waals surface area contributed by atoms with Gasteiger partial charge in [0, 0.05) is 31.4 Å². The van der Waals surface area contributed by atoms with Crippen LogP contribution >= 0.6 is 0 Å². The van der Waals surface area contributed by atoms with Crippen molar-refractivity contribution < 1.29 is 13.2 Å². The topological polar surface area (TPSA) is 64.4 Å². The number of morpholine rings is 1. The summed E-state index contributed by atoms with van der Waals surface area (Å²) in [5, 5.41) is 4.23. The fraction of sp³-hybridized carbons (Fsp3) is 0.769. The van der Waals surface area contributed by atoms with Gasteiger partial charge in [-0.2, -0.15) is 9.40 Å². The van der Waals surface area contributed by atoms with Gasteiger partial charge in [0.2, 0.25) is 10.0 Å². The largest absolute Gasteiger partial charge is 0.375 e. The molecule has 1 aliphatic heterocycles. The van der Waals surface area contributed by atoms with Crippen molar-refractivity contribution in [3.8, 4) is 0 Å². The summed E-state index contributed by atoms with van der Waals surface area (Å²) in [6.07, 6.45) is 5.59. The Morgan fingerprint density at radius 3 is 2.95 bits per heavy atom. The molecule has 1 saturated heterocycles. The van der Waals surface area contributed by atoms with Crippen LogP contribution in [-0.2, 0) is 21.3 Å². The number of hydrogen-bond donors (Lipinski definition) is 0. The summed E-state index contributed by atoms with van der Waals surface area (Å²) in [6, 6.07) is 1.91. The zero-order chi connectivity index (χ0) is 14.2. The molecule has 0 radical (unpaired) electrons. The minimum absolute atomic E-state index is 0.00858. The standard InChI is InChI=1S/C13H21N3O3S/c1-2-20(17,18)16-8-9-19-13-11(4-5-12(13)16)10-15-7-3-6-14-15/h3,6-7,11-13H,2,4-5,8-10H2,1H3. The second-order valence-electron chi connectivity index (χ2n) is 5.48. The minimum Gasteiger partial charge on any atom is -0.375 e. The van der Waals surface area contributed by atoms with Crippen molar-refractivity contribution >= 4 is 10.0 Å². The normalized spacial score (nSPS) is 31.4. The van der Waals surface area contributed by atoms with Gasteiger partial charge in [-0.1, -0.05) is 0 Å². The number of rotatable bonds is 4. The van der Waals surface area contributed by atoms with E-state index in [2.05, 4.69) is 5.10 Å². The van der Waals surface area contributed by atoms with Crippen molar-refractivity contribution in [3.63, 3.8) is 0 Å². The summed E-state index contributed by atoms with van der Waals surface area (Å²) in [6.45, 7) is 3.49. The minimum atomic E-state index is -3.13. The highest BCUT2D eigenvalue weighted by Crippen LogP contribution is 2.36. The van der Waals surface area contributed by atoms with Gasteiger partial charge in [-0.25, -0.2) is 8.42 Å². The van der Waals surface area contributed by atoms with Crippen molar-refractivity contribution in [2.75, 3.05) is 18.9 Å². The summed E-state index contributed by atoms with van der Waals surface area (Å²) < 4.78 is 33.8. The predicted octanol–water partition coefficient (Wildman–Crippen LogP) is 0.712. The quantitative estimate of drug-likeness (QED) is 0.821. The Balaban J connectivity index is 1.75. The Morgan fingerprint density at radius 1 is 1.40 bits per heavy atom. The van der Waals surface area contributed by atoms with Gasteiger partial charge in [-0.15, -0.1) is 0 Å². The van der Waals surface area contributed by atoms with Crippen LogP contribution in [0.3, 0.4) is 0 Å². The molecule has 2 aliphatic rings. The van der Waals surface area contributed by atoms with E-state index in [-0.39, 0.29) is 17.9 Å². The van der Waals surface area contributed by atoms with Crippen LogP contribution in [0.2, 0.25) is 0 Å². The Kier molecular flexibility index (Phi) is 3.83. The first-order chi connectivity index (χ1) is 9.62. The Labute approximate surface area is 119 Å². The highest BCUT2D eigenvalue weighted by atomic mass is 32.2. The number of hydrogen-bond acceptors (Lipinski definition) is 4. The summed E-state index contributed by atoms with van der Waals surface area (Å²) in [5.74, 6) is 0.509. The lowest BCUT2D eigenvalue weighted by molar-refractivity contribution is -0.0490. The van der Waals surface area contributed by atoms with Crippen LogP contribution in [0.4, 0.5) is 0 Å². The van der Waals surface area contributed by atoms with E-state index in [1.807, 2.05) is 16.9 Å². The maximum Gasteiger partial charge on any atom is 0.214 e. The van der Waals surface area contributed by atoms with Crippen molar-refractivity contribution in [1.82, 2.24) is 14.1 Å². The van der Waals surface area contributed by atoms with Crippen LogP contribution < -0.4 is 0 Å². The molecule has 1 aromatic rings. The lowest BCUT2D eigenvalue weighted by Crippen LogP contribution is -2.53. The molecule has 6 nitrogen and oxygen atoms in total. The molecule has 1 aromatic heterocycles. The third-order valence-corrected chi connectivity index (χ3v) is 6.27. The first-order valence-electron chi connectivity index (χ1n) is 7.20. The van der Waals surface area contributed by atoms with Gasteiger partial charge in [0.05, 0.1) is 24.5 Å². The van der Waals surface area contributed by atoms with Gasteiger partial charge >= 0.3 is 0 Å². The predicted molar refractivity (Wildman–Crippen MR) is 74.6 cm³/mol. The van der Waals surface area contributed by atoms with Gasteiger partial charge in [0.1, 0.15) is 0 Å². The summed E-state index contributed by atoms with van der Waals surface area (Å²) in [4.78, 5) is 0. The first-order valence-corrected chi connectivity index (χ1v) is 8.81. The van der Waals surface area contributed by atoms with E-state index in [9.17, 15) is 8.42 Å². The third kappa shape index (κ3) is 2.49. The number of sulfonamides is 1. The molecule has 0 amide bonds. The van der Waals surface area contributed by atoms with Crippen LogP contribution in [0.1, 0.15) is 19.8 Å². The summed E-state index contributed by atoms with van der Waals surface area (Å²) >= 11 is 0. The van der Waals surface area contributed by atoms with Gasteiger partial charge in [-0.3, -0.25) is 4.68 Å². The molecule has 1 saturated carbocycles. The molecule has 3 atom stereocenters. The van der Waals surface area contributed by atoms with E-state index >= 15 is 0 Å². The molecule has 0 spiro atoms. The van der Waals surface area contributed by atoms with E-state index < -0.39 is 10.0 Å². The smallest absolute Gasteiger partial charge is 0.214 e. The Morgan fingerprint density at radius 2 is 2.25 bits per heavy atom. The molecule has 20 heavy (non-hydrogen) atoms. The number of aromatic nitrogens is 2. The average molecular weight is 299 g/mol. The molecule has 2 fully saturated rings. The van der Waals surface area contributed by atoms with Crippen molar-refractivity contribution in [2.24, 2.45) is 5.92 Å². The van der Waals surface area contributed by atoms with Crippen LogP contribution in [0.25, 0.3) is 0 Å². The molecular formula is C13H21N3O3S. The lowest BCUT2D eigenvalue weighted by Gasteiger charge is -2.38. The maximum atomic E-state index is 12.2. The molecular weight excluding hydrogens is 278 g/mol. The zero-order valence-corrected chi connectivity index (χ0v) is 12.5. The highest BCUT2D eigenvalue weighted by molar-refractivity contribution is 7.89. The summed E-state index contributed by atoms with van der Waals surface area (Å²) in [7, 11) is -3.13. The molecule has 112 valence electrons. The molecule has 0 bridgehead atoms. The fourth-order valence-corrected chi connectivity index (χ4v) is 4.70. The lowest BCUT2D eigenvalue weighted by atomic mass is 10.0. The monoisotopic (exact) mass is 299 g/mol. The number of nitrogens with zero attached hydrogens (tertiary/aromatic N) is 3. The molecule has 0 aromatic carbocycles. The number of ether oxygens (including phenoxy) is 1. The summed E-state index contributed by atoms with van der Waals surface area (Å²) in [5.41, 5.74) is 0. The second-order valence-corrected chi connectivity index (χ2v) is 7.69. The zero-order valence-electron chi connectivity index (χ0n) is 11.7. The Hall–Kier alpha value is -0.920. The molecule has 2 heterocycles. The van der Waals surface area contributed by atoms with Crippen molar-refractivity contribution in [1.29, 1.82) is 0 Å². The fourth-order valence-electron chi connectivity index (χ4n) is 3.38. The van der Waals surface area contributed by atoms with Crippen molar-refractivity contribution in [3.05, 3.63) is 18.5 Å². The third-order valence-electron chi connectivity index (χ3n) is 4.37. The van der Waals surface area contributed by atoms with E-state index in [4.69, 9.17) is 4.74 Å². The van der Waals surface area contributed by atoms with Gasteiger partial charge < -0.3 is 4.74 Å². The van der Waals surface area contributed by atoms with Gasteiger partial charge in [-0.05, 0) is 25.8 Å². The molecule has 7 heteroatoms. The SMILES string of the molecule is CCS(=O)(=O)N1CCOC2C(Cn3cccn3)CCC21. The molecule has 0 N–H and O–H groups in total. The van der Waals surface area contributed by atoms with E-state index in [1.165, 1.54) is 0 Å². The second kappa shape index (κ2) is 5.46. The molecule has 3 unspecified atom stereocenters. The average Bonchev–Trinajstić information content (AvgIpc) is 3.09. The number of fused-ring (bicyclic) bond motifs is 1. The Bertz CT molecular complexity index is 543. The first kappa shape index (κ1) is 14.0. The van der Waals surface area contributed by atoms with Gasteiger partial charge in [0.15, 0.2) is 0 Å². The van der Waals surface area contributed by atoms with Crippen LogP contribution in [0.5, 0.6) is 0 Å². The van der Waals surface area contributed by atoms with Crippen molar-refractivity contribution in [2.45, 2.75) is 38.5 Å². The van der Waals surface area contributed by atoms with Gasteiger partial charge in [0.25, 0.3) is 0 Å². The molecule has 1 aliphatic carbocycles. The van der Waals surface area contributed by atoms with E-state index in [0.717, 1.165) is 19.4 Å². The van der Waals surface area contributed by atoms with Crippen LogP contribution in [0.15, 0.2) is 18.5 Å². The highest BCUT2D eigenvalue weighted by Gasteiger charge is 2.46. The van der Waals surface area contributed by atoms with E-state index in [0.29, 0.717) is 19.1 Å². The van der Waals surface area contributed by atoms with Crippen LogP contribution in [0, 0.1) is 5.92 Å². The maximum absolute atomic E-state index is 12.2. The van der Waals surface area contributed by atoms with Crippen LogP contribution in [-0.4, -0.2) is 53.6 Å². The van der Waals surface area contributed by atoms with E-state index in [1.54, 1.807) is 17.4 Å².